The molecule has 0 spiro atoms. The molecule has 0 aromatic carbocycles. The molecule has 0 aromatic heterocycles. The number of aliphatic carboxylic acids is 5. The van der Waals surface area contributed by atoms with Crippen LogP contribution in [0.15, 0.2) is 0 Å². The molecule has 25 nitrogen and oxygen atoms in total. The number of carboxylic acid groups (broad SMARTS) is 5. The Balaban J connectivity index is 6.64. The molecule has 0 aromatic rings. The molecule has 0 aliphatic rings. The molecule has 7 amide bonds. The first-order chi connectivity index (χ1) is 30.1. The second-order valence-electron chi connectivity index (χ2n) is 16.0. The fraction of sp³-hybridized carbons (Fsp3) is 0.700. The van der Waals surface area contributed by atoms with Crippen molar-refractivity contribution in [1.82, 2.24) is 37.2 Å². The lowest BCUT2D eigenvalue weighted by molar-refractivity contribution is -0.145. The SMILES string of the molecule is CC[C@H](C)[C@H](NC(=O)[C@@H](NC(=O)[C@H](CC(=O)O)NC(=O)[C@H](CC(=O)O)NC(=O)[C@@H](NC(=O)[C@@H](NC(=O)[C@H](CC(=O)O)NC(=O)[C@@H](N)CC(=O)O)[C@@H](C)CC)[C@@H](C)CC)[C@@H](C)CC)C(=O)O. The molecule has 368 valence electrons. The summed E-state index contributed by atoms with van der Waals surface area (Å²) in [5.74, 6) is -18.2. The number of amides is 7. The van der Waals surface area contributed by atoms with Crippen LogP contribution in [-0.2, 0) is 57.5 Å². The number of hydrogen-bond donors (Lipinski definition) is 13. The molecule has 0 saturated heterocycles. The average Bonchev–Trinajstić information content (AvgIpc) is 3.22. The highest BCUT2D eigenvalue weighted by molar-refractivity contribution is 6.00. The normalized spacial score (nSPS) is 16.6. The van der Waals surface area contributed by atoms with E-state index in [0.29, 0.717) is 6.42 Å². The van der Waals surface area contributed by atoms with Crippen LogP contribution >= 0.6 is 0 Å². The maximum absolute atomic E-state index is 13.9. The average molecular weight is 931 g/mol. The van der Waals surface area contributed by atoms with Gasteiger partial charge in [0, 0.05) is 0 Å². The zero-order chi connectivity index (χ0) is 50.5. The summed E-state index contributed by atoms with van der Waals surface area (Å²) < 4.78 is 0. The van der Waals surface area contributed by atoms with E-state index in [1.807, 2.05) is 0 Å². The zero-order valence-electron chi connectivity index (χ0n) is 37.8. The number of hydrogen-bond acceptors (Lipinski definition) is 13. The van der Waals surface area contributed by atoms with Gasteiger partial charge in [-0.3, -0.25) is 52.7 Å². The monoisotopic (exact) mass is 930 g/mol. The number of carbonyl (C=O) groups excluding carboxylic acids is 7. The van der Waals surface area contributed by atoms with Crippen molar-refractivity contribution >= 4 is 71.2 Å². The largest absolute Gasteiger partial charge is 0.481 e. The van der Waals surface area contributed by atoms with E-state index in [-0.39, 0.29) is 19.3 Å². The Hall–Kier alpha value is -6.40. The molecule has 0 fully saturated rings. The van der Waals surface area contributed by atoms with Crippen molar-refractivity contribution in [1.29, 1.82) is 0 Å². The summed E-state index contributed by atoms with van der Waals surface area (Å²) >= 11 is 0. The molecule has 0 bridgehead atoms. The molecule has 65 heavy (non-hydrogen) atoms. The maximum atomic E-state index is 13.9. The van der Waals surface area contributed by atoms with Gasteiger partial charge in [-0.1, -0.05) is 81.1 Å². The van der Waals surface area contributed by atoms with E-state index in [1.54, 1.807) is 41.5 Å². The van der Waals surface area contributed by atoms with Crippen molar-refractivity contribution in [3.8, 4) is 0 Å². The number of carbonyl (C=O) groups is 12. The number of carboxylic acids is 5. The maximum Gasteiger partial charge on any atom is 0.326 e. The highest BCUT2D eigenvalue weighted by Gasteiger charge is 2.39. The molecular formula is C40H66N8O17. The number of nitrogens with one attached hydrogen (secondary N) is 7. The van der Waals surface area contributed by atoms with Crippen LogP contribution in [0, 0.1) is 23.7 Å². The van der Waals surface area contributed by atoms with E-state index in [2.05, 4.69) is 37.2 Å². The van der Waals surface area contributed by atoms with E-state index in [1.165, 1.54) is 13.8 Å². The summed E-state index contributed by atoms with van der Waals surface area (Å²) in [7, 11) is 0. The smallest absolute Gasteiger partial charge is 0.326 e. The Morgan fingerprint density at radius 2 is 0.585 bits per heavy atom. The van der Waals surface area contributed by atoms with Crippen molar-refractivity contribution < 1.29 is 83.1 Å². The lowest BCUT2D eigenvalue weighted by atomic mass is 9.94. The highest BCUT2D eigenvalue weighted by Crippen LogP contribution is 2.15. The topological polar surface area (TPSA) is 416 Å². The Kier molecular flexibility index (Phi) is 25.6. The van der Waals surface area contributed by atoms with Crippen molar-refractivity contribution in [2.24, 2.45) is 29.4 Å². The number of rotatable bonds is 31. The molecule has 0 unspecified atom stereocenters. The van der Waals surface area contributed by atoms with Gasteiger partial charge in [0.2, 0.25) is 41.4 Å². The summed E-state index contributed by atoms with van der Waals surface area (Å²) in [5.41, 5.74) is 5.55. The molecule has 0 rings (SSSR count). The van der Waals surface area contributed by atoms with Gasteiger partial charge in [-0.25, -0.2) is 4.79 Å². The lowest BCUT2D eigenvalue weighted by Gasteiger charge is -2.31. The van der Waals surface area contributed by atoms with E-state index in [4.69, 9.17) is 10.8 Å². The van der Waals surface area contributed by atoms with Crippen LogP contribution in [0.4, 0.5) is 0 Å². The van der Waals surface area contributed by atoms with Crippen LogP contribution in [0.2, 0.25) is 0 Å². The first-order valence-electron chi connectivity index (χ1n) is 21.1. The van der Waals surface area contributed by atoms with Gasteiger partial charge in [-0.15, -0.1) is 0 Å². The van der Waals surface area contributed by atoms with Crippen LogP contribution in [0.25, 0.3) is 0 Å². The lowest BCUT2D eigenvalue weighted by Crippen LogP contribution is -2.62. The Labute approximate surface area is 375 Å². The van der Waals surface area contributed by atoms with Crippen molar-refractivity contribution in [2.45, 2.75) is 155 Å². The van der Waals surface area contributed by atoms with E-state index < -0.39 is 169 Å². The van der Waals surface area contributed by atoms with Crippen LogP contribution < -0.4 is 43.0 Å². The molecule has 14 N–H and O–H groups in total. The van der Waals surface area contributed by atoms with E-state index >= 15 is 0 Å². The second kappa shape index (κ2) is 28.4. The van der Waals surface area contributed by atoms with Gasteiger partial charge in [0.15, 0.2) is 0 Å². The van der Waals surface area contributed by atoms with Crippen LogP contribution in [0.3, 0.4) is 0 Å². The predicted molar refractivity (Wildman–Crippen MR) is 226 cm³/mol. The quantitative estimate of drug-likeness (QED) is 0.0353. The van der Waals surface area contributed by atoms with E-state index in [0.717, 1.165) is 0 Å². The first kappa shape index (κ1) is 58.6. The van der Waals surface area contributed by atoms with Gasteiger partial charge in [-0.2, -0.15) is 0 Å². The third kappa shape index (κ3) is 20.3. The van der Waals surface area contributed by atoms with E-state index in [9.17, 15) is 78.0 Å². The van der Waals surface area contributed by atoms with Gasteiger partial charge in [0.05, 0.1) is 31.7 Å². The van der Waals surface area contributed by atoms with Gasteiger partial charge < -0.3 is 68.5 Å². The van der Waals surface area contributed by atoms with Crippen molar-refractivity contribution in [2.75, 3.05) is 0 Å². The molecule has 0 radical (unpaired) electrons. The second-order valence-corrected chi connectivity index (χ2v) is 16.0. The zero-order valence-corrected chi connectivity index (χ0v) is 37.8. The van der Waals surface area contributed by atoms with Crippen molar-refractivity contribution in [3.63, 3.8) is 0 Å². The third-order valence-electron chi connectivity index (χ3n) is 10.9. The van der Waals surface area contributed by atoms with Crippen molar-refractivity contribution in [3.05, 3.63) is 0 Å². The minimum absolute atomic E-state index is 0.189. The van der Waals surface area contributed by atoms with Crippen LogP contribution in [0.5, 0.6) is 0 Å². The summed E-state index contributed by atoms with van der Waals surface area (Å²) in [5, 5.41) is 63.3. The predicted octanol–water partition coefficient (Wildman–Crippen LogP) is -2.12. The standard InChI is InChI=1S/C40H66N8O17/c1-9-17(5)29(47-38(62)30(18(6)10-2)45-35(59)23(15-27(53)54)42-33(57)21(41)13-25(49)50)37(61)44-22(14-26(51)52)34(58)43-24(16-28(55)56)36(60)46-31(19(7)11-3)39(63)48-32(40(64)65)20(8)12-4/h17-24,29-32H,9-16,41H2,1-8H3,(H,42,57)(H,43,58)(H,44,61)(H,45,59)(H,46,60)(H,47,62)(H,48,63)(H,49,50)(H,51,52)(H,53,54)(H,55,56)(H,64,65)/t17-,18-,19-,20-,21-,22-,23-,24-,29-,30-,31-,32-/m0/s1. The molecule has 0 aliphatic heterocycles. The summed E-state index contributed by atoms with van der Waals surface area (Å²) in [4.78, 5) is 152. The minimum Gasteiger partial charge on any atom is -0.481 e. The molecule has 0 saturated carbocycles. The Bertz CT molecular complexity index is 1740. The van der Waals surface area contributed by atoms with Gasteiger partial charge in [0.1, 0.15) is 42.3 Å². The fourth-order valence-corrected chi connectivity index (χ4v) is 6.03. The first-order valence-corrected chi connectivity index (χ1v) is 21.1. The highest BCUT2D eigenvalue weighted by atomic mass is 16.4. The molecule has 0 heterocycles. The van der Waals surface area contributed by atoms with Gasteiger partial charge in [-0.05, 0) is 23.7 Å². The fourth-order valence-electron chi connectivity index (χ4n) is 6.03. The molecule has 0 aliphatic carbocycles. The van der Waals surface area contributed by atoms with Crippen LogP contribution in [0.1, 0.15) is 107 Å². The summed E-state index contributed by atoms with van der Waals surface area (Å²) in [6.07, 6.45) is -3.03. The van der Waals surface area contributed by atoms with Gasteiger partial charge >= 0.3 is 29.8 Å². The summed E-state index contributed by atoms with van der Waals surface area (Å²) in [6.45, 7) is 12.8. The van der Waals surface area contributed by atoms with Gasteiger partial charge in [0.25, 0.3) is 0 Å². The Morgan fingerprint density at radius 1 is 0.354 bits per heavy atom. The molecule has 12 atom stereocenters. The minimum atomic E-state index is -2.01. The molecular weight excluding hydrogens is 864 g/mol. The summed E-state index contributed by atoms with van der Waals surface area (Å²) in [6, 6.07) is -13.3. The number of nitrogens with two attached hydrogens (primary N) is 1. The Morgan fingerprint density at radius 3 is 0.877 bits per heavy atom. The molecule has 25 heteroatoms. The third-order valence-corrected chi connectivity index (χ3v) is 10.9. The van der Waals surface area contributed by atoms with Crippen LogP contribution in [-0.4, -0.2) is 145 Å².